The van der Waals surface area contributed by atoms with Crippen LogP contribution in [-0.4, -0.2) is 17.9 Å². The molecular formula is C24H45O6Zr. The summed E-state index contributed by atoms with van der Waals surface area (Å²) in [5.41, 5.74) is 0. The molecule has 0 aromatic rings. The van der Waals surface area contributed by atoms with E-state index in [0.717, 1.165) is 57.8 Å². The molecule has 0 aromatic heterocycles. The van der Waals surface area contributed by atoms with Crippen LogP contribution in [0.5, 0.6) is 0 Å². The van der Waals surface area contributed by atoms with E-state index in [-0.39, 0.29) is 44.0 Å². The average molecular weight is 521 g/mol. The molecule has 0 aliphatic carbocycles. The van der Waals surface area contributed by atoms with E-state index in [1.165, 1.54) is 0 Å². The molecule has 181 valence electrons. The van der Waals surface area contributed by atoms with E-state index in [1.807, 2.05) is 20.8 Å². The number of rotatable bonds is 15. The zero-order chi connectivity index (χ0) is 23.9. The number of unbranched alkanes of at least 4 members (excludes halogenated alkanes) is 3. The van der Waals surface area contributed by atoms with E-state index in [2.05, 4.69) is 20.8 Å². The number of carboxylic acids is 3. The maximum absolute atomic E-state index is 10.3. The van der Waals surface area contributed by atoms with Gasteiger partial charge in [-0.2, -0.15) is 0 Å². The molecule has 0 saturated carbocycles. The van der Waals surface area contributed by atoms with Crippen molar-refractivity contribution >= 4 is 17.9 Å². The number of hydrogen-bond acceptors (Lipinski definition) is 6. The zero-order valence-corrected chi connectivity index (χ0v) is 23.1. The van der Waals surface area contributed by atoms with Gasteiger partial charge in [0.15, 0.2) is 0 Å². The van der Waals surface area contributed by atoms with Crippen molar-refractivity contribution in [2.75, 3.05) is 0 Å². The molecule has 0 heterocycles. The molecule has 0 saturated heterocycles. The van der Waals surface area contributed by atoms with E-state index in [9.17, 15) is 29.7 Å². The molecule has 3 atom stereocenters. The summed E-state index contributed by atoms with van der Waals surface area (Å²) >= 11 is 0. The number of aliphatic carboxylic acids is 3. The van der Waals surface area contributed by atoms with E-state index in [0.29, 0.717) is 19.3 Å². The molecule has 0 fully saturated rings. The van der Waals surface area contributed by atoms with Crippen LogP contribution in [0, 0.1) is 17.8 Å². The topological polar surface area (TPSA) is 120 Å². The molecule has 0 N–H and O–H groups in total. The fraction of sp³-hybridized carbons (Fsp3) is 0.875. The van der Waals surface area contributed by atoms with Crippen LogP contribution >= 0.6 is 0 Å². The van der Waals surface area contributed by atoms with Crippen molar-refractivity contribution in [3.63, 3.8) is 0 Å². The minimum Gasteiger partial charge on any atom is -0.550 e. The third-order valence-corrected chi connectivity index (χ3v) is 5.20. The molecule has 0 bridgehead atoms. The number of carboxylic acid groups (broad SMARTS) is 3. The minimum atomic E-state index is -0.893. The molecule has 0 amide bonds. The van der Waals surface area contributed by atoms with Crippen molar-refractivity contribution in [2.24, 2.45) is 17.8 Å². The summed E-state index contributed by atoms with van der Waals surface area (Å²) in [6, 6.07) is 0. The van der Waals surface area contributed by atoms with Crippen LogP contribution in [0.3, 0.4) is 0 Å². The SMILES string of the molecule is CCCCC(CC)C(=O)[O-].CCCCC(CC)C(=O)[O-].CCCCC(CC)C(=O)[O-].[Zr+3]. The van der Waals surface area contributed by atoms with Gasteiger partial charge >= 0.3 is 26.2 Å². The molecule has 6 nitrogen and oxygen atoms in total. The Labute approximate surface area is 209 Å². The second-order valence-corrected chi connectivity index (χ2v) is 7.70. The third-order valence-electron chi connectivity index (χ3n) is 5.20. The Kier molecular flexibility index (Phi) is 33.1. The van der Waals surface area contributed by atoms with Crippen LogP contribution < -0.4 is 15.3 Å². The predicted molar refractivity (Wildman–Crippen MR) is 115 cm³/mol. The first-order chi connectivity index (χ1) is 14.2. The maximum atomic E-state index is 10.3. The Balaban J connectivity index is -0.000000174. The van der Waals surface area contributed by atoms with Gasteiger partial charge in [0.25, 0.3) is 0 Å². The van der Waals surface area contributed by atoms with Gasteiger partial charge in [0.05, 0.1) is 0 Å². The van der Waals surface area contributed by atoms with Gasteiger partial charge in [0.2, 0.25) is 0 Å². The van der Waals surface area contributed by atoms with Gasteiger partial charge in [0.1, 0.15) is 0 Å². The van der Waals surface area contributed by atoms with Gasteiger partial charge < -0.3 is 29.7 Å². The molecule has 0 aliphatic rings. The van der Waals surface area contributed by atoms with Crippen molar-refractivity contribution in [1.82, 2.24) is 0 Å². The van der Waals surface area contributed by atoms with Crippen LogP contribution in [0.4, 0.5) is 0 Å². The van der Waals surface area contributed by atoms with Crippen LogP contribution in [0.25, 0.3) is 0 Å². The van der Waals surface area contributed by atoms with E-state index in [1.54, 1.807) is 0 Å². The van der Waals surface area contributed by atoms with Gasteiger partial charge in [-0.3, -0.25) is 0 Å². The molecule has 31 heavy (non-hydrogen) atoms. The summed E-state index contributed by atoms with van der Waals surface area (Å²) in [5, 5.41) is 31.0. The van der Waals surface area contributed by atoms with Crippen LogP contribution in [-0.2, 0) is 40.6 Å². The third kappa shape index (κ3) is 25.4. The molecule has 0 aliphatic heterocycles. The Morgan fingerprint density at radius 2 is 0.710 bits per heavy atom. The van der Waals surface area contributed by atoms with Gasteiger partial charge in [-0.25, -0.2) is 0 Å². The molecule has 3 unspecified atom stereocenters. The van der Waals surface area contributed by atoms with Crippen LogP contribution in [0.15, 0.2) is 0 Å². The van der Waals surface area contributed by atoms with E-state index >= 15 is 0 Å². The van der Waals surface area contributed by atoms with Gasteiger partial charge in [-0.1, -0.05) is 80.1 Å². The monoisotopic (exact) mass is 519 g/mol. The number of carbonyl (C=O) groups is 3. The van der Waals surface area contributed by atoms with Crippen LogP contribution in [0.1, 0.15) is 119 Å². The van der Waals surface area contributed by atoms with Crippen molar-refractivity contribution < 1.29 is 55.9 Å². The maximum Gasteiger partial charge on any atom is 3.00 e. The molecule has 0 aromatic carbocycles. The van der Waals surface area contributed by atoms with Crippen molar-refractivity contribution in [3.8, 4) is 0 Å². The quantitative estimate of drug-likeness (QED) is 0.327. The molecule has 0 rings (SSSR count). The zero-order valence-electron chi connectivity index (χ0n) is 20.7. The number of carbonyl (C=O) groups excluding carboxylic acids is 3. The second-order valence-electron chi connectivity index (χ2n) is 7.70. The summed E-state index contributed by atoms with van der Waals surface area (Å²) in [7, 11) is 0. The Hall–Kier alpha value is -0.707. The molecule has 1 radical (unpaired) electrons. The van der Waals surface area contributed by atoms with Crippen molar-refractivity contribution in [1.29, 1.82) is 0 Å². The summed E-state index contributed by atoms with van der Waals surface area (Å²) < 4.78 is 0. The van der Waals surface area contributed by atoms with Crippen molar-refractivity contribution in [2.45, 2.75) is 119 Å². The fourth-order valence-electron chi connectivity index (χ4n) is 2.82. The van der Waals surface area contributed by atoms with Gasteiger partial charge in [0, 0.05) is 17.9 Å². The van der Waals surface area contributed by atoms with Crippen LogP contribution in [0.2, 0.25) is 0 Å². The minimum absolute atomic E-state index is 0. The normalized spacial score (nSPS) is 12.6. The Morgan fingerprint density at radius 3 is 0.806 bits per heavy atom. The van der Waals surface area contributed by atoms with Gasteiger partial charge in [-0.05, 0) is 56.3 Å². The number of hydrogen-bond donors (Lipinski definition) is 0. The van der Waals surface area contributed by atoms with E-state index < -0.39 is 17.9 Å². The van der Waals surface area contributed by atoms with Crippen molar-refractivity contribution in [3.05, 3.63) is 0 Å². The Bertz CT molecular complexity index is 366. The molecule has 0 spiro atoms. The van der Waals surface area contributed by atoms with E-state index in [4.69, 9.17) is 0 Å². The first kappa shape index (κ1) is 37.6. The largest absolute Gasteiger partial charge is 3.00 e. The second kappa shape index (κ2) is 27.3. The summed E-state index contributed by atoms with van der Waals surface area (Å²) in [4.78, 5) is 31.0. The molecule has 7 heteroatoms. The fourth-order valence-corrected chi connectivity index (χ4v) is 2.82. The predicted octanol–water partition coefficient (Wildman–Crippen LogP) is 2.86. The molecular weight excluding hydrogens is 475 g/mol. The van der Waals surface area contributed by atoms with Gasteiger partial charge in [-0.15, -0.1) is 0 Å². The smallest absolute Gasteiger partial charge is 0.550 e. The summed E-state index contributed by atoms with van der Waals surface area (Å²) in [6.07, 6.45) is 10.6. The first-order valence-corrected chi connectivity index (χ1v) is 11.8. The first-order valence-electron chi connectivity index (χ1n) is 11.8. The summed E-state index contributed by atoms with van der Waals surface area (Å²) in [5.74, 6) is -3.34. The Morgan fingerprint density at radius 1 is 0.516 bits per heavy atom. The summed E-state index contributed by atoms with van der Waals surface area (Å²) in [6.45, 7) is 11.8. The standard InChI is InChI=1S/3C8H16O2.Zr/c3*1-3-5-6-7(4-2)8(9)10;/h3*7H,3-6H2,1-2H3,(H,9,10);/q;;;+3/p-3. The average Bonchev–Trinajstić information content (AvgIpc) is 2.70.